The van der Waals surface area contributed by atoms with E-state index in [1.165, 1.54) is 0 Å². The molecule has 3 nitrogen and oxygen atoms in total. The molecular formula is C15H15BO3. The molecule has 19 heavy (non-hydrogen) atoms. The highest BCUT2D eigenvalue weighted by molar-refractivity contribution is 6.61. The summed E-state index contributed by atoms with van der Waals surface area (Å²) in [5.41, 5.74) is 4.04. The Kier molecular flexibility index (Phi) is 3.28. The van der Waals surface area contributed by atoms with Crippen molar-refractivity contribution >= 4 is 12.6 Å². The third-order valence-corrected chi connectivity index (χ3v) is 3.34. The maximum Gasteiger partial charge on any atom is 0.491 e. The van der Waals surface area contributed by atoms with Crippen molar-refractivity contribution in [2.45, 2.75) is 20.1 Å². The van der Waals surface area contributed by atoms with Crippen molar-refractivity contribution < 1.29 is 14.4 Å². The summed E-state index contributed by atoms with van der Waals surface area (Å²) in [5, 5.41) is 9.70. The molecule has 0 bridgehead atoms. The monoisotopic (exact) mass is 254 g/mol. The Morgan fingerprint density at radius 2 is 2.05 bits per heavy atom. The Morgan fingerprint density at radius 3 is 2.84 bits per heavy atom. The summed E-state index contributed by atoms with van der Waals surface area (Å²) in [4.78, 5) is 0. The van der Waals surface area contributed by atoms with Crippen molar-refractivity contribution in [3.05, 3.63) is 59.2 Å². The molecular weight excluding hydrogens is 239 g/mol. The van der Waals surface area contributed by atoms with Gasteiger partial charge in [-0.25, -0.2) is 0 Å². The summed E-state index contributed by atoms with van der Waals surface area (Å²) in [6.07, 6.45) is 0. The van der Waals surface area contributed by atoms with Gasteiger partial charge in [-0.1, -0.05) is 36.4 Å². The lowest BCUT2D eigenvalue weighted by Gasteiger charge is -2.11. The molecule has 96 valence electrons. The van der Waals surface area contributed by atoms with Gasteiger partial charge in [0.2, 0.25) is 0 Å². The van der Waals surface area contributed by atoms with Gasteiger partial charge in [0.05, 0.1) is 6.61 Å². The zero-order chi connectivity index (χ0) is 13.2. The Morgan fingerprint density at radius 1 is 1.26 bits per heavy atom. The van der Waals surface area contributed by atoms with Crippen molar-refractivity contribution in [3.8, 4) is 5.75 Å². The maximum absolute atomic E-state index is 9.70. The average Bonchev–Trinajstić information content (AvgIpc) is 2.78. The van der Waals surface area contributed by atoms with Gasteiger partial charge in [0.1, 0.15) is 12.4 Å². The van der Waals surface area contributed by atoms with E-state index in [1.807, 2.05) is 49.4 Å². The van der Waals surface area contributed by atoms with Crippen molar-refractivity contribution in [1.29, 1.82) is 0 Å². The Hall–Kier alpha value is -1.78. The average molecular weight is 254 g/mol. The molecule has 0 fully saturated rings. The molecule has 2 aromatic carbocycles. The van der Waals surface area contributed by atoms with Crippen LogP contribution in [0.15, 0.2) is 42.5 Å². The quantitative estimate of drug-likeness (QED) is 0.848. The number of hydrogen-bond donors (Lipinski definition) is 1. The van der Waals surface area contributed by atoms with E-state index in [0.717, 1.165) is 27.9 Å². The van der Waals surface area contributed by atoms with Crippen LogP contribution in [-0.4, -0.2) is 12.1 Å². The minimum Gasteiger partial charge on any atom is -0.489 e. The molecule has 0 atom stereocenters. The lowest BCUT2D eigenvalue weighted by Crippen LogP contribution is -2.28. The number of ether oxygens (including phenoxy) is 1. The van der Waals surface area contributed by atoms with Gasteiger partial charge in [-0.15, -0.1) is 0 Å². The topological polar surface area (TPSA) is 38.7 Å². The molecule has 4 heteroatoms. The minimum absolute atomic E-state index is 0.469. The van der Waals surface area contributed by atoms with Gasteiger partial charge in [0.25, 0.3) is 0 Å². The first-order valence-electron chi connectivity index (χ1n) is 6.34. The molecule has 0 saturated heterocycles. The predicted molar refractivity (Wildman–Crippen MR) is 74.3 cm³/mol. The largest absolute Gasteiger partial charge is 0.491 e. The second-order valence-electron chi connectivity index (χ2n) is 4.75. The number of rotatable bonds is 3. The zero-order valence-corrected chi connectivity index (χ0v) is 10.8. The van der Waals surface area contributed by atoms with Crippen molar-refractivity contribution in [3.63, 3.8) is 0 Å². The van der Waals surface area contributed by atoms with E-state index in [9.17, 15) is 5.02 Å². The van der Waals surface area contributed by atoms with E-state index >= 15 is 0 Å². The molecule has 1 aliphatic rings. The first kappa shape index (κ1) is 12.3. The van der Waals surface area contributed by atoms with Crippen LogP contribution in [0.1, 0.15) is 16.7 Å². The van der Waals surface area contributed by atoms with Gasteiger partial charge in [-0.2, -0.15) is 0 Å². The van der Waals surface area contributed by atoms with Gasteiger partial charge in [-0.05, 0) is 35.1 Å². The van der Waals surface area contributed by atoms with E-state index in [1.54, 1.807) is 0 Å². The molecule has 0 unspecified atom stereocenters. The van der Waals surface area contributed by atoms with Crippen LogP contribution in [0, 0.1) is 6.92 Å². The van der Waals surface area contributed by atoms with Gasteiger partial charge in [0, 0.05) is 0 Å². The fourth-order valence-corrected chi connectivity index (χ4v) is 2.27. The van der Waals surface area contributed by atoms with E-state index in [-0.39, 0.29) is 0 Å². The van der Waals surface area contributed by atoms with Crippen molar-refractivity contribution in [2.75, 3.05) is 0 Å². The maximum atomic E-state index is 9.70. The molecule has 1 aliphatic heterocycles. The lowest BCUT2D eigenvalue weighted by molar-refractivity contribution is 0.275. The molecule has 0 aliphatic carbocycles. The number of fused-ring (bicyclic) bond motifs is 1. The number of aryl methyl sites for hydroxylation is 1. The highest BCUT2D eigenvalue weighted by atomic mass is 16.5. The second-order valence-corrected chi connectivity index (χ2v) is 4.75. The van der Waals surface area contributed by atoms with E-state index in [0.29, 0.717) is 13.2 Å². The van der Waals surface area contributed by atoms with E-state index in [4.69, 9.17) is 9.39 Å². The summed E-state index contributed by atoms with van der Waals surface area (Å²) in [6.45, 7) is 3.00. The molecule has 0 aromatic heterocycles. The molecule has 3 rings (SSSR count). The number of hydrogen-bond acceptors (Lipinski definition) is 3. The molecule has 2 aromatic rings. The van der Waals surface area contributed by atoms with Crippen molar-refractivity contribution in [2.24, 2.45) is 0 Å². The molecule has 1 heterocycles. The fourth-order valence-electron chi connectivity index (χ4n) is 2.27. The summed E-state index contributed by atoms with van der Waals surface area (Å²) in [6, 6.07) is 13.9. The highest BCUT2D eigenvalue weighted by Gasteiger charge is 2.28. The molecule has 0 saturated carbocycles. The molecule has 0 amide bonds. The Labute approximate surface area is 112 Å². The van der Waals surface area contributed by atoms with Gasteiger partial charge < -0.3 is 14.4 Å². The SMILES string of the molecule is Cc1cc2c(cc1OCc1ccccc1)B(O)OC2. The third kappa shape index (κ3) is 2.50. The Bertz CT molecular complexity index is 583. The van der Waals surface area contributed by atoms with Crippen LogP contribution in [0.5, 0.6) is 5.75 Å². The summed E-state index contributed by atoms with van der Waals surface area (Å²) in [5.74, 6) is 0.798. The molecule has 1 N–H and O–H groups in total. The fraction of sp³-hybridized carbons (Fsp3) is 0.200. The summed E-state index contributed by atoms with van der Waals surface area (Å²) < 4.78 is 11.0. The van der Waals surface area contributed by atoms with Gasteiger partial charge >= 0.3 is 7.12 Å². The normalized spacial score (nSPS) is 13.5. The minimum atomic E-state index is -0.824. The Balaban J connectivity index is 1.80. The lowest BCUT2D eigenvalue weighted by atomic mass is 9.79. The first-order chi connectivity index (χ1) is 9.24. The van der Waals surface area contributed by atoms with Crippen LogP contribution in [0.25, 0.3) is 0 Å². The third-order valence-electron chi connectivity index (χ3n) is 3.34. The van der Waals surface area contributed by atoms with Crippen LogP contribution in [0.2, 0.25) is 0 Å². The standard InChI is InChI=1S/C15H15BO3/c1-11-7-13-10-19-16(17)14(13)8-15(11)18-9-12-5-3-2-4-6-12/h2-8,17H,9-10H2,1H3. The number of benzene rings is 2. The van der Waals surface area contributed by atoms with Crippen LogP contribution in [0.3, 0.4) is 0 Å². The highest BCUT2D eigenvalue weighted by Crippen LogP contribution is 2.22. The zero-order valence-electron chi connectivity index (χ0n) is 10.8. The van der Waals surface area contributed by atoms with E-state index < -0.39 is 7.12 Å². The molecule has 0 radical (unpaired) electrons. The second kappa shape index (κ2) is 5.07. The van der Waals surface area contributed by atoms with Crippen molar-refractivity contribution in [1.82, 2.24) is 0 Å². The first-order valence-corrected chi connectivity index (χ1v) is 6.34. The summed E-state index contributed by atoms with van der Waals surface area (Å²) >= 11 is 0. The van der Waals surface area contributed by atoms with Crippen LogP contribution < -0.4 is 10.2 Å². The predicted octanol–water partition coefficient (Wildman–Crippen LogP) is 1.79. The smallest absolute Gasteiger partial charge is 0.489 e. The van der Waals surface area contributed by atoms with E-state index in [2.05, 4.69) is 0 Å². The van der Waals surface area contributed by atoms with Gasteiger partial charge in [0.15, 0.2) is 0 Å². The van der Waals surface area contributed by atoms with Crippen LogP contribution >= 0.6 is 0 Å². The van der Waals surface area contributed by atoms with Crippen LogP contribution in [0.4, 0.5) is 0 Å². The molecule has 0 spiro atoms. The summed E-state index contributed by atoms with van der Waals surface area (Å²) in [7, 11) is -0.824. The van der Waals surface area contributed by atoms with Gasteiger partial charge in [-0.3, -0.25) is 0 Å². The van der Waals surface area contributed by atoms with Crippen LogP contribution in [-0.2, 0) is 17.9 Å².